The molecular weight excluding hydrogens is 268 g/mol. The third kappa shape index (κ3) is 4.17. The molecule has 110 valence electrons. The van der Waals surface area contributed by atoms with E-state index in [1.54, 1.807) is 19.0 Å². The molecule has 3 nitrogen and oxygen atoms in total. The molecule has 0 saturated carbocycles. The van der Waals surface area contributed by atoms with E-state index in [4.69, 9.17) is 0 Å². The van der Waals surface area contributed by atoms with Crippen LogP contribution in [0.1, 0.15) is 25.3 Å². The number of thioether (sulfide) groups is 1. The van der Waals surface area contributed by atoms with Crippen LogP contribution in [-0.4, -0.2) is 41.9 Å². The number of carbonyl (C=O) groups is 1. The minimum atomic E-state index is 0.142. The Morgan fingerprint density at radius 2 is 2.05 bits per heavy atom. The van der Waals surface area contributed by atoms with Gasteiger partial charge in [0.15, 0.2) is 0 Å². The van der Waals surface area contributed by atoms with E-state index in [2.05, 4.69) is 24.4 Å². The second kappa shape index (κ2) is 7.02. The molecule has 0 aliphatic carbocycles. The minimum Gasteiger partial charge on any atom is -0.381 e. The first-order chi connectivity index (χ1) is 9.56. The third-order valence-electron chi connectivity index (χ3n) is 3.77. The summed E-state index contributed by atoms with van der Waals surface area (Å²) < 4.78 is 0. The zero-order valence-electron chi connectivity index (χ0n) is 12.6. The summed E-state index contributed by atoms with van der Waals surface area (Å²) in [5.74, 6) is 1.42. The lowest BCUT2D eigenvalue weighted by atomic mass is 10.1. The van der Waals surface area contributed by atoms with Gasteiger partial charge < -0.3 is 10.2 Å². The predicted octanol–water partition coefficient (Wildman–Crippen LogP) is 3.01. The highest BCUT2D eigenvalue weighted by Gasteiger charge is 2.21. The van der Waals surface area contributed by atoms with E-state index in [1.807, 2.05) is 23.9 Å². The fourth-order valence-electron chi connectivity index (χ4n) is 2.38. The Kier molecular flexibility index (Phi) is 5.35. The number of hydrogen-bond acceptors (Lipinski definition) is 3. The Hall–Kier alpha value is -1.16. The largest absolute Gasteiger partial charge is 0.381 e. The van der Waals surface area contributed by atoms with Crippen molar-refractivity contribution in [1.82, 2.24) is 4.90 Å². The van der Waals surface area contributed by atoms with Gasteiger partial charge in [0.1, 0.15) is 0 Å². The molecule has 1 aromatic rings. The molecule has 1 heterocycles. The highest BCUT2D eigenvalue weighted by Crippen LogP contribution is 2.27. The summed E-state index contributed by atoms with van der Waals surface area (Å²) >= 11 is 2.05. The average Bonchev–Trinajstić information content (AvgIpc) is 2.43. The van der Waals surface area contributed by atoms with E-state index in [0.29, 0.717) is 17.7 Å². The summed E-state index contributed by atoms with van der Waals surface area (Å²) in [4.78, 5) is 13.3. The molecule has 1 aliphatic heterocycles. The summed E-state index contributed by atoms with van der Waals surface area (Å²) in [6, 6.07) is 8.83. The number of rotatable bonds is 4. The number of likely N-dealkylation sites (N-methyl/N-ethyl adjacent to an activating group) is 1. The zero-order valence-corrected chi connectivity index (χ0v) is 13.4. The van der Waals surface area contributed by atoms with Crippen LogP contribution < -0.4 is 5.32 Å². The first-order valence-electron chi connectivity index (χ1n) is 7.23. The van der Waals surface area contributed by atoms with Crippen LogP contribution in [0.25, 0.3) is 0 Å². The first-order valence-corrected chi connectivity index (χ1v) is 8.28. The molecule has 2 unspecified atom stereocenters. The molecule has 1 N–H and O–H groups in total. The van der Waals surface area contributed by atoms with Crippen LogP contribution >= 0.6 is 11.8 Å². The standard InChI is InChI=1S/C16H24N2OS/c1-12-15(5-4-10-20-12)17-14-8-6-13(7-9-14)11-16(19)18(2)3/h6-9,12,15,17H,4-5,10-11H2,1-3H3. The SMILES string of the molecule is CC1SCCCC1Nc1ccc(CC(=O)N(C)C)cc1. The minimum absolute atomic E-state index is 0.142. The molecule has 2 rings (SSSR count). The van der Waals surface area contributed by atoms with Crippen LogP contribution in [0.4, 0.5) is 5.69 Å². The Balaban J connectivity index is 1.92. The summed E-state index contributed by atoms with van der Waals surface area (Å²) in [5.41, 5.74) is 2.23. The van der Waals surface area contributed by atoms with Crippen molar-refractivity contribution in [1.29, 1.82) is 0 Å². The number of hydrogen-bond donors (Lipinski definition) is 1. The fourth-order valence-corrected chi connectivity index (χ4v) is 3.52. The number of carbonyl (C=O) groups excluding carboxylic acids is 1. The zero-order chi connectivity index (χ0) is 14.5. The highest BCUT2D eigenvalue weighted by atomic mass is 32.2. The van der Waals surface area contributed by atoms with Crippen molar-refractivity contribution in [3.05, 3.63) is 29.8 Å². The van der Waals surface area contributed by atoms with Gasteiger partial charge in [0, 0.05) is 31.1 Å². The van der Waals surface area contributed by atoms with Gasteiger partial charge in [-0.15, -0.1) is 0 Å². The van der Waals surface area contributed by atoms with Gasteiger partial charge in [0.05, 0.1) is 6.42 Å². The lowest BCUT2D eigenvalue weighted by Gasteiger charge is -2.30. The number of benzene rings is 1. The summed E-state index contributed by atoms with van der Waals surface area (Å²) in [6.07, 6.45) is 3.01. The normalized spacial score (nSPS) is 22.4. The van der Waals surface area contributed by atoms with E-state index in [-0.39, 0.29) is 5.91 Å². The molecule has 0 bridgehead atoms. The molecule has 1 amide bonds. The second-order valence-electron chi connectivity index (χ2n) is 5.63. The quantitative estimate of drug-likeness (QED) is 0.926. The lowest BCUT2D eigenvalue weighted by Crippen LogP contribution is -2.32. The second-order valence-corrected chi connectivity index (χ2v) is 7.12. The van der Waals surface area contributed by atoms with Crippen LogP contribution in [0.15, 0.2) is 24.3 Å². The Morgan fingerprint density at radius 3 is 2.65 bits per heavy atom. The molecule has 0 aromatic heterocycles. The van der Waals surface area contributed by atoms with E-state index >= 15 is 0 Å². The van der Waals surface area contributed by atoms with E-state index in [9.17, 15) is 4.79 Å². The monoisotopic (exact) mass is 292 g/mol. The highest BCUT2D eigenvalue weighted by molar-refractivity contribution is 8.00. The van der Waals surface area contributed by atoms with Crippen molar-refractivity contribution in [3.63, 3.8) is 0 Å². The molecule has 2 atom stereocenters. The van der Waals surface area contributed by atoms with Crippen molar-refractivity contribution in [2.45, 2.75) is 37.5 Å². The first kappa shape index (κ1) is 15.2. The third-order valence-corrected chi connectivity index (χ3v) is 5.15. The van der Waals surface area contributed by atoms with Gasteiger partial charge in [-0.3, -0.25) is 4.79 Å². The average molecular weight is 292 g/mol. The number of nitrogens with zero attached hydrogens (tertiary/aromatic N) is 1. The number of amides is 1. The molecular formula is C16H24N2OS. The van der Waals surface area contributed by atoms with Gasteiger partial charge in [-0.05, 0) is 36.3 Å². The number of anilines is 1. The molecule has 1 aliphatic rings. The van der Waals surface area contributed by atoms with Crippen LogP contribution in [0.2, 0.25) is 0 Å². The van der Waals surface area contributed by atoms with Gasteiger partial charge in [-0.1, -0.05) is 19.1 Å². The molecule has 1 aromatic carbocycles. The van der Waals surface area contributed by atoms with E-state index in [0.717, 1.165) is 11.3 Å². The van der Waals surface area contributed by atoms with Crippen LogP contribution in [0.3, 0.4) is 0 Å². The van der Waals surface area contributed by atoms with Gasteiger partial charge in [-0.25, -0.2) is 0 Å². The van der Waals surface area contributed by atoms with Crippen molar-refractivity contribution in [3.8, 4) is 0 Å². The Morgan fingerprint density at radius 1 is 1.35 bits per heavy atom. The smallest absolute Gasteiger partial charge is 0.226 e. The van der Waals surface area contributed by atoms with E-state index in [1.165, 1.54) is 18.6 Å². The molecule has 4 heteroatoms. The van der Waals surface area contributed by atoms with Crippen molar-refractivity contribution in [2.75, 3.05) is 25.2 Å². The molecule has 0 radical (unpaired) electrons. The predicted molar refractivity (Wildman–Crippen MR) is 87.4 cm³/mol. The van der Waals surface area contributed by atoms with Gasteiger partial charge >= 0.3 is 0 Å². The van der Waals surface area contributed by atoms with Gasteiger partial charge in [-0.2, -0.15) is 11.8 Å². The maximum Gasteiger partial charge on any atom is 0.226 e. The van der Waals surface area contributed by atoms with Crippen molar-refractivity contribution in [2.24, 2.45) is 0 Å². The van der Waals surface area contributed by atoms with Crippen molar-refractivity contribution < 1.29 is 4.79 Å². The lowest BCUT2D eigenvalue weighted by molar-refractivity contribution is -0.127. The summed E-state index contributed by atoms with van der Waals surface area (Å²) in [5, 5.41) is 4.28. The maximum absolute atomic E-state index is 11.7. The summed E-state index contributed by atoms with van der Waals surface area (Å²) in [6.45, 7) is 2.30. The van der Waals surface area contributed by atoms with Crippen molar-refractivity contribution >= 4 is 23.4 Å². The van der Waals surface area contributed by atoms with Crippen LogP contribution in [0.5, 0.6) is 0 Å². The Labute approximate surface area is 126 Å². The molecule has 1 saturated heterocycles. The van der Waals surface area contributed by atoms with Crippen LogP contribution in [0, 0.1) is 0 Å². The maximum atomic E-state index is 11.7. The molecule has 20 heavy (non-hydrogen) atoms. The fraction of sp³-hybridized carbons (Fsp3) is 0.562. The van der Waals surface area contributed by atoms with E-state index < -0.39 is 0 Å². The van der Waals surface area contributed by atoms with Crippen LogP contribution in [-0.2, 0) is 11.2 Å². The summed E-state index contributed by atoms with van der Waals surface area (Å²) in [7, 11) is 3.58. The number of nitrogens with one attached hydrogen (secondary N) is 1. The topological polar surface area (TPSA) is 32.3 Å². The molecule has 0 spiro atoms. The van der Waals surface area contributed by atoms with Gasteiger partial charge in [0.2, 0.25) is 5.91 Å². The Bertz CT molecular complexity index is 444. The molecule has 1 fully saturated rings. The van der Waals surface area contributed by atoms with Gasteiger partial charge in [0.25, 0.3) is 0 Å².